The minimum absolute atomic E-state index is 0.0213. The summed E-state index contributed by atoms with van der Waals surface area (Å²) in [7, 11) is 0. The summed E-state index contributed by atoms with van der Waals surface area (Å²) >= 11 is 13.6. The molecule has 0 bridgehead atoms. The molecule has 0 N–H and O–H groups in total. The van der Waals surface area contributed by atoms with Gasteiger partial charge in [-0.25, -0.2) is 0 Å². The molecule has 0 saturated carbocycles. The lowest BCUT2D eigenvalue weighted by molar-refractivity contribution is -0.134. The maximum absolute atomic E-state index is 12.4. The van der Waals surface area contributed by atoms with E-state index in [9.17, 15) is 4.79 Å². The molecule has 1 aromatic carbocycles. The molecule has 1 atom stereocenters. The van der Waals surface area contributed by atoms with Crippen LogP contribution in [0.5, 0.6) is 5.75 Å². The van der Waals surface area contributed by atoms with E-state index in [2.05, 4.69) is 6.07 Å². The summed E-state index contributed by atoms with van der Waals surface area (Å²) in [6.45, 7) is 0.746. The molecule has 1 amide bonds. The molecule has 0 radical (unpaired) electrons. The van der Waals surface area contributed by atoms with Gasteiger partial charge in [0.2, 0.25) is 0 Å². The van der Waals surface area contributed by atoms with Gasteiger partial charge in [-0.05, 0) is 36.4 Å². The van der Waals surface area contributed by atoms with Gasteiger partial charge in [0.15, 0.2) is 6.61 Å². The third-order valence-corrected chi connectivity index (χ3v) is 5.21. The van der Waals surface area contributed by atoms with E-state index >= 15 is 0 Å². The van der Waals surface area contributed by atoms with Crippen LogP contribution in [0.4, 0.5) is 0 Å². The van der Waals surface area contributed by atoms with Crippen LogP contribution < -0.4 is 4.74 Å². The predicted molar refractivity (Wildman–Crippen MR) is 90.0 cm³/mol. The fraction of sp³-hybridized carbons (Fsp3) is 0.312. The third kappa shape index (κ3) is 3.40. The smallest absolute Gasteiger partial charge is 0.261 e. The topological polar surface area (TPSA) is 29.5 Å². The highest BCUT2D eigenvalue weighted by Crippen LogP contribution is 2.34. The number of nitrogens with zero attached hydrogens (tertiary/aromatic N) is 1. The van der Waals surface area contributed by atoms with Crippen LogP contribution in [-0.2, 0) is 4.79 Å². The molecule has 1 unspecified atom stereocenters. The fourth-order valence-corrected chi connectivity index (χ4v) is 3.86. The zero-order valence-corrected chi connectivity index (χ0v) is 14.1. The molecule has 0 spiro atoms. The Morgan fingerprint density at radius 1 is 1.36 bits per heavy atom. The number of hydrogen-bond donors (Lipinski definition) is 0. The van der Waals surface area contributed by atoms with Crippen LogP contribution in [0.2, 0.25) is 10.0 Å². The molecule has 1 aliphatic rings. The maximum atomic E-state index is 12.4. The average Bonchev–Trinajstić information content (AvgIpc) is 3.17. The molecule has 2 aromatic rings. The van der Waals surface area contributed by atoms with E-state index in [1.807, 2.05) is 16.3 Å². The minimum atomic E-state index is -0.0259. The molecule has 116 valence electrons. The molecular formula is C16H15Cl2NO2S. The number of carbonyl (C=O) groups is 1. The first-order chi connectivity index (χ1) is 10.6. The third-order valence-electron chi connectivity index (χ3n) is 3.69. The molecule has 3 rings (SSSR count). The van der Waals surface area contributed by atoms with Crippen LogP contribution in [0, 0.1) is 0 Å². The van der Waals surface area contributed by atoms with Gasteiger partial charge in [-0.15, -0.1) is 11.3 Å². The Hall–Kier alpha value is -1.23. The number of rotatable bonds is 4. The Labute approximate surface area is 143 Å². The van der Waals surface area contributed by atoms with Crippen molar-refractivity contribution in [3.05, 3.63) is 50.6 Å². The summed E-state index contributed by atoms with van der Waals surface area (Å²) in [5.41, 5.74) is 0. The summed E-state index contributed by atoms with van der Waals surface area (Å²) < 4.78 is 5.55. The van der Waals surface area contributed by atoms with Crippen molar-refractivity contribution >= 4 is 40.4 Å². The van der Waals surface area contributed by atoms with E-state index < -0.39 is 0 Å². The summed E-state index contributed by atoms with van der Waals surface area (Å²) in [6.07, 6.45) is 2.02. The first kappa shape index (κ1) is 15.7. The van der Waals surface area contributed by atoms with Crippen molar-refractivity contribution in [3.8, 4) is 5.75 Å². The normalized spacial score (nSPS) is 17.7. The largest absolute Gasteiger partial charge is 0.482 e. The molecule has 1 aliphatic heterocycles. The van der Waals surface area contributed by atoms with Crippen LogP contribution in [0.25, 0.3) is 0 Å². The van der Waals surface area contributed by atoms with Gasteiger partial charge in [0.05, 0.1) is 11.1 Å². The summed E-state index contributed by atoms with van der Waals surface area (Å²) in [5, 5.41) is 3.02. The Morgan fingerprint density at radius 3 is 3.00 bits per heavy atom. The van der Waals surface area contributed by atoms with Crippen LogP contribution in [0.15, 0.2) is 35.7 Å². The second-order valence-electron chi connectivity index (χ2n) is 5.12. The average molecular weight is 356 g/mol. The molecular weight excluding hydrogens is 341 g/mol. The number of likely N-dealkylation sites (tertiary alicyclic amines) is 1. The molecule has 1 aromatic heterocycles. The number of benzene rings is 1. The van der Waals surface area contributed by atoms with Gasteiger partial charge in [0, 0.05) is 22.5 Å². The lowest BCUT2D eigenvalue weighted by Crippen LogP contribution is -2.34. The van der Waals surface area contributed by atoms with Crippen molar-refractivity contribution < 1.29 is 9.53 Å². The van der Waals surface area contributed by atoms with E-state index in [4.69, 9.17) is 27.9 Å². The second kappa shape index (κ2) is 6.90. The number of thiophene rings is 1. The van der Waals surface area contributed by atoms with Crippen LogP contribution >= 0.6 is 34.5 Å². The summed E-state index contributed by atoms with van der Waals surface area (Å²) in [5.74, 6) is 0.418. The Kier molecular flexibility index (Phi) is 4.91. The Morgan fingerprint density at radius 2 is 2.23 bits per heavy atom. The highest BCUT2D eigenvalue weighted by Gasteiger charge is 2.30. The van der Waals surface area contributed by atoms with Crippen LogP contribution in [0.3, 0.4) is 0 Å². The first-order valence-corrected chi connectivity index (χ1v) is 8.69. The first-order valence-electron chi connectivity index (χ1n) is 7.06. The van der Waals surface area contributed by atoms with Crippen molar-refractivity contribution in [1.82, 2.24) is 4.90 Å². The van der Waals surface area contributed by atoms with Crippen LogP contribution in [-0.4, -0.2) is 24.0 Å². The summed E-state index contributed by atoms with van der Waals surface area (Å²) in [6, 6.07) is 9.24. The summed E-state index contributed by atoms with van der Waals surface area (Å²) in [4.78, 5) is 15.6. The highest BCUT2D eigenvalue weighted by atomic mass is 35.5. The van der Waals surface area contributed by atoms with Crippen molar-refractivity contribution in [2.75, 3.05) is 13.2 Å². The Bertz CT molecular complexity index is 660. The number of carbonyl (C=O) groups excluding carboxylic acids is 1. The van der Waals surface area contributed by atoms with Gasteiger partial charge < -0.3 is 9.64 Å². The number of halogens is 2. The van der Waals surface area contributed by atoms with E-state index in [1.165, 1.54) is 4.88 Å². The molecule has 3 nitrogen and oxygen atoms in total. The van der Waals surface area contributed by atoms with Gasteiger partial charge in [0.1, 0.15) is 5.75 Å². The van der Waals surface area contributed by atoms with Gasteiger partial charge in [-0.2, -0.15) is 0 Å². The monoisotopic (exact) mass is 355 g/mol. The Balaban J connectivity index is 1.65. The highest BCUT2D eigenvalue weighted by molar-refractivity contribution is 7.10. The van der Waals surface area contributed by atoms with Crippen molar-refractivity contribution in [3.63, 3.8) is 0 Å². The van der Waals surface area contributed by atoms with Crippen LogP contribution in [0.1, 0.15) is 23.8 Å². The number of ether oxygens (including phenoxy) is 1. The SMILES string of the molecule is O=C(COc1cc(Cl)ccc1Cl)N1CCCC1c1cccs1. The quantitative estimate of drug-likeness (QED) is 0.788. The van der Waals surface area contributed by atoms with Gasteiger partial charge in [-0.3, -0.25) is 4.79 Å². The predicted octanol–water partition coefficient (Wildman–Crippen LogP) is 4.80. The van der Waals surface area contributed by atoms with E-state index in [0.717, 1.165) is 19.4 Å². The van der Waals surface area contributed by atoms with Crippen molar-refractivity contribution in [2.24, 2.45) is 0 Å². The fourth-order valence-electron chi connectivity index (χ4n) is 2.65. The molecule has 1 fully saturated rings. The zero-order valence-electron chi connectivity index (χ0n) is 11.8. The van der Waals surface area contributed by atoms with E-state index in [0.29, 0.717) is 15.8 Å². The van der Waals surface area contributed by atoms with E-state index in [1.54, 1.807) is 29.5 Å². The van der Waals surface area contributed by atoms with Gasteiger partial charge >= 0.3 is 0 Å². The molecule has 2 heterocycles. The van der Waals surface area contributed by atoms with Gasteiger partial charge in [-0.1, -0.05) is 29.3 Å². The molecule has 22 heavy (non-hydrogen) atoms. The van der Waals surface area contributed by atoms with Crippen molar-refractivity contribution in [1.29, 1.82) is 0 Å². The standard InChI is InChI=1S/C16H15Cl2NO2S/c17-11-5-6-12(18)14(9-11)21-10-16(20)19-7-1-3-13(19)15-4-2-8-22-15/h2,4-6,8-9,13H,1,3,7,10H2. The van der Waals surface area contributed by atoms with E-state index in [-0.39, 0.29) is 18.6 Å². The minimum Gasteiger partial charge on any atom is -0.482 e. The second-order valence-corrected chi connectivity index (χ2v) is 6.95. The maximum Gasteiger partial charge on any atom is 0.261 e. The lowest BCUT2D eigenvalue weighted by atomic mass is 10.2. The molecule has 0 aliphatic carbocycles. The molecule has 1 saturated heterocycles. The number of amides is 1. The van der Waals surface area contributed by atoms with Crippen molar-refractivity contribution in [2.45, 2.75) is 18.9 Å². The number of hydrogen-bond acceptors (Lipinski definition) is 3. The van der Waals surface area contributed by atoms with Gasteiger partial charge in [0.25, 0.3) is 5.91 Å². The zero-order chi connectivity index (χ0) is 15.5. The lowest BCUT2D eigenvalue weighted by Gasteiger charge is -2.24. The molecule has 6 heteroatoms.